The number of alkyl carbamates (subject to hydrolysis) is 1. The first-order chi connectivity index (χ1) is 5.06. The molecule has 4 heteroatoms. The van der Waals surface area contributed by atoms with Gasteiger partial charge in [0, 0.05) is 0 Å². The van der Waals surface area contributed by atoms with E-state index in [1.807, 2.05) is 20.8 Å². The molecule has 0 rings (SSSR count). The van der Waals surface area contributed by atoms with Crippen molar-refractivity contribution in [2.45, 2.75) is 33.0 Å². The predicted molar refractivity (Wildman–Crippen MR) is 43.3 cm³/mol. The Balaban J connectivity index is 3.52. The van der Waals surface area contributed by atoms with Gasteiger partial charge in [0.1, 0.15) is 0 Å². The maximum atomic E-state index is 10.8. The van der Waals surface area contributed by atoms with Crippen molar-refractivity contribution in [1.29, 1.82) is 0 Å². The fourth-order valence-corrected chi connectivity index (χ4v) is 0.497. The molecule has 4 nitrogen and oxygen atoms in total. The van der Waals surface area contributed by atoms with Gasteiger partial charge < -0.3 is 15.4 Å². The molecule has 1 unspecified atom stereocenters. The van der Waals surface area contributed by atoms with E-state index in [9.17, 15) is 4.79 Å². The van der Waals surface area contributed by atoms with Gasteiger partial charge >= 0.3 is 6.09 Å². The Morgan fingerprint density at radius 2 is 1.91 bits per heavy atom. The van der Waals surface area contributed by atoms with Crippen LogP contribution < -0.4 is 10.6 Å². The number of ether oxygens (including phenoxy) is 1. The predicted octanol–water partition coefficient (Wildman–Crippen LogP) is 0.686. The molecular weight excluding hydrogens is 144 g/mol. The molecule has 66 valence electrons. The monoisotopic (exact) mass is 160 g/mol. The first kappa shape index (κ1) is 10.2. The molecule has 1 atom stereocenters. The number of rotatable bonds is 3. The van der Waals surface area contributed by atoms with Crippen molar-refractivity contribution < 1.29 is 9.53 Å². The number of hydrogen-bond acceptors (Lipinski definition) is 3. The number of hydrogen-bond donors (Lipinski definition) is 2. The minimum atomic E-state index is -0.387. The molecule has 0 radical (unpaired) electrons. The van der Waals surface area contributed by atoms with Gasteiger partial charge in [0.25, 0.3) is 0 Å². The average molecular weight is 160 g/mol. The lowest BCUT2D eigenvalue weighted by atomic mass is 10.5. The van der Waals surface area contributed by atoms with Gasteiger partial charge in [-0.15, -0.1) is 0 Å². The summed E-state index contributed by atoms with van der Waals surface area (Å²) in [5, 5.41) is 5.45. The van der Waals surface area contributed by atoms with E-state index in [2.05, 4.69) is 10.6 Å². The molecule has 0 aliphatic heterocycles. The van der Waals surface area contributed by atoms with E-state index < -0.39 is 0 Å². The SMILES string of the molecule is CNC(C)NC(=O)OC(C)C. The number of amides is 1. The molecule has 0 aromatic rings. The van der Waals surface area contributed by atoms with Crippen molar-refractivity contribution in [2.24, 2.45) is 0 Å². The molecule has 0 saturated heterocycles. The van der Waals surface area contributed by atoms with Crippen molar-refractivity contribution in [3.63, 3.8) is 0 Å². The summed E-state index contributed by atoms with van der Waals surface area (Å²) in [5.41, 5.74) is 0. The molecular formula is C7H16N2O2. The first-order valence-corrected chi connectivity index (χ1v) is 3.70. The zero-order chi connectivity index (χ0) is 8.85. The van der Waals surface area contributed by atoms with E-state index in [1.54, 1.807) is 7.05 Å². The molecule has 2 N–H and O–H groups in total. The maximum absolute atomic E-state index is 10.8. The minimum absolute atomic E-state index is 0.0544. The van der Waals surface area contributed by atoms with Gasteiger partial charge in [0.15, 0.2) is 0 Å². The van der Waals surface area contributed by atoms with Crippen LogP contribution in [0.15, 0.2) is 0 Å². The van der Waals surface area contributed by atoms with Gasteiger partial charge in [-0.2, -0.15) is 0 Å². The molecule has 0 aliphatic rings. The Labute approximate surface area is 67.3 Å². The van der Waals surface area contributed by atoms with Gasteiger partial charge in [-0.1, -0.05) is 0 Å². The zero-order valence-corrected chi connectivity index (χ0v) is 7.47. The summed E-state index contributed by atoms with van der Waals surface area (Å²) >= 11 is 0. The molecule has 0 spiro atoms. The molecule has 11 heavy (non-hydrogen) atoms. The normalized spacial score (nSPS) is 12.8. The largest absolute Gasteiger partial charge is 0.447 e. The third-order valence-corrected chi connectivity index (χ3v) is 1.11. The maximum Gasteiger partial charge on any atom is 0.408 e. The smallest absolute Gasteiger partial charge is 0.408 e. The van der Waals surface area contributed by atoms with E-state index in [0.717, 1.165) is 0 Å². The summed E-state index contributed by atoms with van der Waals surface area (Å²) in [7, 11) is 1.76. The number of carbonyl (C=O) groups excluding carboxylic acids is 1. The van der Waals surface area contributed by atoms with Crippen molar-refractivity contribution in [3.05, 3.63) is 0 Å². The van der Waals surface area contributed by atoms with Crippen molar-refractivity contribution in [1.82, 2.24) is 10.6 Å². The third kappa shape index (κ3) is 5.66. The Morgan fingerprint density at radius 1 is 1.36 bits per heavy atom. The number of carbonyl (C=O) groups is 1. The Kier molecular flexibility index (Phi) is 4.61. The van der Waals surface area contributed by atoms with Crippen LogP contribution in [-0.2, 0) is 4.74 Å². The van der Waals surface area contributed by atoms with Gasteiger partial charge in [-0.25, -0.2) is 4.79 Å². The molecule has 0 aromatic carbocycles. The zero-order valence-electron chi connectivity index (χ0n) is 7.47. The molecule has 0 bridgehead atoms. The van der Waals surface area contributed by atoms with E-state index in [-0.39, 0.29) is 18.4 Å². The van der Waals surface area contributed by atoms with Crippen LogP contribution in [0.1, 0.15) is 20.8 Å². The van der Waals surface area contributed by atoms with Crippen LogP contribution in [0.25, 0.3) is 0 Å². The van der Waals surface area contributed by atoms with Crippen LogP contribution in [0.3, 0.4) is 0 Å². The average Bonchev–Trinajstić information content (AvgIpc) is 1.85. The van der Waals surface area contributed by atoms with Crippen LogP contribution in [0.5, 0.6) is 0 Å². The van der Waals surface area contributed by atoms with Crippen molar-refractivity contribution in [3.8, 4) is 0 Å². The fourth-order valence-electron chi connectivity index (χ4n) is 0.497. The Bertz CT molecular complexity index is 126. The summed E-state index contributed by atoms with van der Waals surface area (Å²) in [5.74, 6) is 0. The lowest BCUT2D eigenvalue weighted by Gasteiger charge is -2.14. The Morgan fingerprint density at radius 3 is 2.27 bits per heavy atom. The van der Waals surface area contributed by atoms with Gasteiger partial charge in [-0.3, -0.25) is 0 Å². The van der Waals surface area contributed by atoms with E-state index in [1.165, 1.54) is 0 Å². The summed E-state index contributed by atoms with van der Waals surface area (Å²) < 4.78 is 4.83. The summed E-state index contributed by atoms with van der Waals surface area (Å²) in [4.78, 5) is 10.8. The van der Waals surface area contributed by atoms with Crippen LogP contribution in [-0.4, -0.2) is 25.4 Å². The standard InChI is InChI=1S/C7H16N2O2/c1-5(2)11-7(10)9-6(3)8-4/h5-6,8H,1-4H3,(H,9,10). The van der Waals surface area contributed by atoms with Crippen LogP contribution in [0.2, 0.25) is 0 Å². The van der Waals surface area contributed by atoms with E-state index >= 15 is 0 Å². The summed E-state index contributed by atoms with van der Waals surface area (Å²) in [6.45, 7) is 5.45. The molecule has 1 amide bonds. The van der Waals surface area contributed by atoms with Crippen LogP contribution in [0.4, 0.5) is 4.79 Å². The first-order valence-electron chi connectivity index (χ1n) is 3.70. The van der Waals surface area contributed by atoms with E-state index in [0.29, 0.717) is 0 Å². The van der Waals surface area contributed by atoms with Crippen LogP contribution >= 0.6 is 0 Å². The second kappa shape index (κ2) is 4.96. The highest BCUT2D eigenvalue weighted by Gasteiger charge is 2.06. The molecule has 0 aliphatic carbocycles. The topological polar surface area (TPSA) is 50.4 Å². The highest BCUT2D eigenvalue weighted by atomic mass is 16.6. The Hall–Kier alpha value is -0.770. The molecule has 0 heterocycles. The summed E-state index contributed by atoms with van der Waals surface area (Å²) in [6.07, 6.45) is -0.512. The van der Waals surface area contributed by atoms with Gasteiger partial charge in [0.05, 0.1) is 12.3 Å². The van der Waals surface area contributed by atoms with Crippen molar-refractivity contribution in [2.75, 3.05) is 7.05 Å². The minimum Gasteiger partial charge on any atom is -0.447 e. The highest BCUT2D eigenvalue weighted by Crippen LogP contribution is 1.88. The highest BCUT2D eigenvalue weighted by molar-refractivity contribution is 5.67. The second-order valence-electron chi connectivity index (χ2n) is 2.61. The van der Waals surface area contributed by atoms with E-state index in [4.69, 9.17) is 4.74 Å². The molecule has 0 fully saturated rings. The van der Waals surface area contributed by atoms with Gasteiger partial charge in [0.2, 0.25) is 0 Å². The molecule has 0 aromatic heterocycles. The lowest BCUT2D eigenvalue weighted by Crippen LogP contribution is -2.42. The van der Waals surface area contributed by atoms with Gasteiger partial charge in [-0.05, 0) is 27.8 Å². The third-order valence-electron chi connectivity index (χ3n) is 1.11. The van der Waals surface area contributed by atoms with Crippen molar-refractivity contribution >= 4 is 6.09 Å². The second-order valence-corrected chi connectivity index (χ2v) is 2.61. The quantitative estimate of drug-likeness (QED) is 0.597. The lowest BCUT2D eigenvalue weighted by molar-refractivity contribution is 0.112. The van der Waals surface area contributed by atoms with Crippen LogP contribution in [0, 0.1) is 0 Å². The molecule has 0 saturated carbocycles. The fraction of sp³-hybridized carbons (Fsp3) is 0.857. The number of nitrogens with one attached hydrogen (secondary N) is 2. The summed E-state index contributed by atoms with van der Waals surface area (Å²) in [6, 6.07) is 0.